The predicted octanol–water partition coefficient (Wildman–Crippen LogP) is 3.34. The van der Waals surface area contributed by atoms with E-state index in [1.807, 2.05) is 24.3 Å². The van der Waals surface area contributed by atoms with E-state index in [2.05, 4.69) is 0 Å². The van der Waals surface area contributed by atoms with Gasteiger partial charge in [-0.1, -0.05) is 12.1 Å². The van der Waals surface area contributed by atoms with E-state index >= 15 is 0 Å². The molecule has 0 atom stereocenters. The van der Waals surface area contributed by atoms with Gasteiger partial charge >= 0.3 is 0 Å². The number of fused-ring (bicyclic) bond motifs is 1. The molecule has 0 bridgehead atoms. The minimum absolute atomic E-state index is 0.203. The first-order chi connectivity index (χ1) is 12.1. The van der Waals surface area contributed by atoms with Crippen LogP contribution < -0.4 is 23.7 Å². The van der Waals surface area contributed by atoms with Crippen molar-refractivity contribution in [1.29, 1.82) is 0 Å². The third kappa shape index (κ3) is 2.87. The number of carbonyl (C=O) groups is 1. The molecular weight excluding hydrogens is 324 g/mol. The second kappa shape index (κ2) is 6.76. The van der Waals surface area contributed by atoms with Crippen LogP contribution in [0.1, 0.15) is 15.9 Å². The molecule has 6 nitrogen and oxygen atoms in total. The Kier molecular flexibility index (Phi) is 4.52. The second-order valence-electron chi connectivity index (χ2n) is 5.23. The van der Waals surface area contributed by atoms with Crippen LogP contribution in [0.3, 0.4) is 0 Å². The lowest BCUT2D eigenvalue weighted by Crippen LogP contribution is -2.02. The zero-order chi connectivity index (χ0) is 18.0. The lowest BCUT2D eigenvalue weighted by Gasteiger charge is -2.13. The van der Waals surface area contributed by atoms with Gasteiger partial charge in [0.25, 0.3) is 0 Å². The maximum atomic E-state index is 12.8. The van der Waals surface area contributed by atoms with Gasteiger partial charge in [0, 0.05) is 6.07 Å². The molecule has 1 aliphatic rings. The van der Waals surface area contributed by atoms with Crippen molar-refractivity contribution in [2.45, 2.75) is 0 Å². The third-order valence-corrected chi connectivity index (χ3v) is 3.88. The van der Waals surface area contributed by atoms with E-state index in [-0.39, 0.29) is 11.5 Å². The molecule has 0 N–H and O–H groups in total. The highest BCUT2D eigenvalue weighted by molar-refractivity contribution is 6.16. The molecule has 0 fully saturated rings. The van der Waals surface area contributed by atoms with Crippen LogP contribution in [0, 0.1) is 0 Å². The van der Waals surface area contributed by atoms with Crippen LogP contribution in [0.15, 0.2) is 36.1 Å². The number of methoxy groups -OCH3 is 4. The van der Waals surface area contributed by atoms with Crippen molar-refractivity contribution in [1.82, 2.24) is 0 Å². The van der Waals surface area contributed by atoms with Crippen molar-refractivity contribution in [3.05, 3.63) is 47.2 Å². The number of carbonyl (C=O) groups excluding carboxylic acids is 1. The van der Waals surface area contributed by atoms with E-state index in [0.717, 1.165) is 11.3 Å². The van der Waals surface area contributed by atoms with Gasteiger partial charge in [0.15, 0.2) is 17.3 Å². The predicted molar refractivity (Wildman–Crippen MR) is 92.0 cm³/mol. The monoisotopic (exact) mass is 342 g/mol. The van der Waals surface area contributed by atoms with Gasteiger partial charge < -0.3 is 23.7 Å². The summed E-state index contributed by atoms with van der Waals surface area (Å²) in [5.74, 6) is 2.11. The van der Waals surface area contributed by atoms with Gasteiger partial charge in [0.1, 0.15) is 17.1 Å². The van der Waals surface area contributed by atoms with Crippen molar-refractivity contribution in [3.63, 3.8) is 0 Å². The quantitative estimate of drug-likeness (QED) is 0.777. The first kappa shape index (κ1) is 16.7. The van der Waals surface area contributed by atoms with Gasteiger partial charge in [-0.25, -0.2) is 0 Å². The first-order valence-electron chi connectivity index (χ1n) is 7.54. The van der Waals surface area contributed by atoms with E-state index in [4.69, 9.17) is 23.7 Å². The molecule has 25 heavy (non-hydrogen) atoms. The van der Waals surface area contributed by atoms with Gasteiger partial charge in [-0.05, 0) is 23.8 Å². The topological polar surface area (TPSA) is 63.2 Å². The largest absolute Gasteiger partial charge is 0.497 e. The van der Waals surface area contributed by atoms with Crippen molar-refractivity contribution < 1.29 is 28.5 Å². The Morgan fingerprint density at radius 3 is 2.12 bits per heavy atom. The number of benzene rings is 2. The molecule has 6 heteroatoms. The SMILES string of the molecule is COc1ccc(/C=C2\Oc3cc(OC)c(OC)c(OC)c3C2=O)cc1. The Labute approximate surface area is 145 Å². The average Bonchev–Trinajstić information content (AvgIpc) is 2.96. The molecule has 1 heterocycles. The fourth-order valence-corrected chi connectivity index (χ4v) is 2.66. The van der Waals surface area contributed by atoms with E-state index in [1.165, 1.54) is 21.3 Å². The Morgan fingerprint density at radius 1 is 0.880 bits per heavy atom. The van der Waals surface area contributed by atoms with Gasteiger partial charge in [-0.2, -0.15) is 0 Å². The Balaban J connectivity index is 2.04. The first-order valence-corrected chi connectivity index (χ1v) is 7.54. The number of allylic oxidation sites excluding steroid dienone is 1. The van der Waals surface area contributed by atoms with Crippen LogP contribution >= 0.6 is 0 Å². The van der Waals surface area contributed by atoms with E-state index in [0.29, 0.717) is 28.6 Å². The molecule has 0 amide bonds. The van der Waals surface area contributed by atoms with Crippen molar-refractivity contribution in [2.75, 3.05) is 28.4 Å². The van der Waals surface area contributed by atoms with Crippen LogP contribution in [-0.4, -0.2) is 34.2 Å². The smallest absolute Gasteiger partial charge is 0.235 e. The van der Waals surface area contributed by atoms with Gasteiger partial charge in [0.05, 0.1) is 28.4 Å². The summed E-state index contributed by atoms with van der Waals surface area (Å²) in [6.45, 7) is 0. The molecule has 2 aromatic carbocycles. The number of ketones is 1. The lowest BCUT2D eigenvalue weighted by molar-refractivity contribution is 0.101. The number of hydrogen-bond donors (Lipinski definition) is 0. The molecule has 0 aromatic heterocycles. The fourth-order valence-electron chi connectivity index (χ4n) is 2.66. The molecule has 1 aliphatic heterocycles. The van der Waals surface area contributed by atoms with E-state index in [9.17, 15) is 4.79 Å². The molecule has 0 saturated heterocycles. The number of Topliss-reactive ketones (excluding diaryl/α,β-unsaturated/α-hetero) is 1. The molecule has 0 unspecified atom stereocenters. The zero-order valence-corrected chi connectivity index (χ0v) is 14.4. The van der Waals surface area contributed by atoms with Crippen LogP contribution in [0.4, 0.5) is 0 Å². The summed E-state index contributed by atoms with van der Waals surface area (Å²) in [7, 11) is 6.06. The molecule has 0 saturated carbocycles. The summed E-state index contributed by atoms with van der Waals surface area (Å²) in [4.78, 5) is 12.8. The van der Waals surface area contributed by atoms with Crippen molar-refractivity contribution >= 4 is 11.9 Å². The van der Waals surface area contributed by atoms with Crippen molar-refractivity contribution in [3.8, 4) is 28.7 Å². The molecule has 2 aromatic rings. The van der Waals surface area contributed by atoms with Crippen LogP contribution in [0.5, 0.6) is 28.7 Å². The van der Waals surface area contributed by atoms with Crippen LogP contribution in [0.25, 0.3) is 6.08 Å². The normalized spacial score (nSPS) is 14.1. The zero-order valence-electron chi connectivity index (χ0n) is 14.4. The molecule has 0 radical (unpaired) electrons. The summed E-state index contributed by atoms with van der Waals surface area (Å²) >= 11 is 0. The van der Waals surface area contributed by atoms with Crippen LogP contribution in [0.2, 0.25) is 0 Å². The maximum Gasteiger partial charge on any atom is 0.235 e. The molecule has 3 rings (SSSR count). The molecule has 0 aliphatic carbocycles. The highest BCUT2D eigenvalue weighted by atomic mass is 16.5. The molecule has 0 spiro atoms. The van der Waals surface area contributed by atoms with Crippen LogP contribution in [-0.2, 0) is 0 Å². The number of ether oxygens (including phenoxy) is 5. The third-order valence-electron chi connectivity index (χ3n) is 3.88. The standard InChI is InChI=1S/C19H18O6/c1-21-12-7-5-11(6-8-12)9-14-17(20)16-13(25-14)10-15(22-2)18(23-3)19(16)24-4/h5-10H,1-4H3/b14-9-. The van der Waals surface area contributed by atoms with Gasteiger partial charge in [0.2, 0.25) is 11.5 Å². The summed E-state index contributed by atoms with van der Waals surface area (Å²) in [5.41, 5.74) is 1.13. The van der Waals surface area contributed by atoms with E-state index in [1.54, 1.807) is 19.3 Å². The number of rotatable bonds is 5. The highest BCUT2D eigenvalue weighted by Gasteiger charge is 2.35. The van der Waals surface area contributed by atoms with Crippen molar-refractivity contribution in [2.24, 2.45) is 0 Å². The Bertz CT molecular complexity index is 836. The summed E-state index contributed by atoms with van der Waals surface area (Å²) in [6, 6.07) is 8.91. The number of hydrogen-bond acceptors (Lipinski definition) is 6. The van der Waals surface area contributed by atoms with Gasteiger partial charge in [-0.3, -0.25) is 4.79 Å². The highest BCUT2D eigenvalue weighted by Crippen LogP contribution is 2.49. The summed E-state index contributed by atoms with van der Waals surface area (Å²) in [5, 5.41) is 0. The molecule has 130 valence electrons. The average molecular weight is 342 g/mol. The Morgan fingerprint density at radius 2 is 1.56 bits per heavy atom. The minimum atomic E-state index is -0.274. The summed E-state index contributed by atoms with van der Waals surface area (Å²) in [6.07, 6.45) is 1.67. The molecular formula is C19H18O6. The minimum Gasteiger partial charge on any atom is -0.497 e. The van der Waals surface area contributed by atoms with Gasteiger partial charge in [-0.15, -0.1) is 0 Å². The van der Waals surface area contributed by atoms with E-state index < -0.39 is 0 Å². The maximum absolute atomic E-state index is 12.8. The summed E-state index contributed by atoms with van der Waals surface area (Å²) < 4.78 is 26.8. The Hall–Kier alpha value is -3.15. The second-order valence-corrected chi connectivity index (χ2v) is 5.23. The fraction of sp³-hybridized carbons (Fsp3) is 0.211. The lowest BCUT2D eigenvalue weighted by atomic mass is 10.1.